The summed E-state index contributed by atoms with van der Waals surface area (Å²) in [6.07, 6.45) is 1.45. The van der Waals surface area contributed by atoms with Gasteiger partial charge in [0.05, 0.1) is 15.6 Å². The molecule has 0 radical (unpaired) electrons. The number of hydrogen-bond donors (Lipinski definition) is 2. The lowest BCUT2D eigenvalue weighted by Gasteiger charge is -2.05. The molecule has 8 nitrogen and oxygen atoms in total. The number of fused-ring (bicyclic) bond motifs is 2. The number of thiazole rings is 1. The van der Waals surface area contributed by atoms with Gasteiger partial charge in [-0.05, 0) is 26.0 Å². The lowest BCUT2D eigenvalue weighted by atomic mass is 10.1. The third-order valence-electron chi connectivity index (χ3n) is 3.95. The van der Waals surface area contributed by atoms with Gasteiger partial charge < -0.3 is 11.1 Å². The van der Waals surface area contributed by atoms with Gasteiger partial charge in [0.15, 0.2) is 10.8 Å². The minimum Gasteiger partial charge on any atom is -0.383 e. The highest BCUT2D eigenvalue weighted by molar-refractivity contribution is 7.22. The van der Waals surface area contributed by atoms with E-state index in [1.165, 1.54) is 24.6 Å². The van der Waals surface area contributed by atoms with Gasteiger partial charge in [0.1, 0.15) is 17.8 Å². The molecule has 4 rings (SSSR count). The summed E-state index contributed by atoms with van der Waals surface area (Å²) in [4.78, 5) is 24.1. The Morgan fingerprint density at radius 3 is 2.78 bits per heavy atom. The van der Waals surface area contributed by atoms with Crippen molar-refractivity contribution in [2.45, 2.75) is 34.2 Å². The van der Waals surface area contributed by atoms with Crippen molar-refractivity contribution in [1.82, 2.24) is 24.7 Å². The van der Waals surface area contributed by atoms with E-state index in [4.69, 9.17) is 10.8 Å². The van der Waals surface area contributed by atoms with Gasteiger partial charge in [-0.2, -0.15) is 5.10 Å². The van der Waals surface area contributed by atoms with Crippen LogP contribution in [0.5, 0.6) is 0 Å². The van der Waals surface area contributed by atoms with Crippen molar-refractivity contribution in [2.24, 2.45) is 0 Å². The monoisotopic (exact) mass is 383 g/mol. The van der Waals surface area contributed by atoms with Crippen molar-refractivity contribution in [3.05, 3.63) is 24.5 Å². The number of amides is 1. The van der Waals surface area contributed by atoms with Gasteiger partial charge in [-0.1, -0.05) is 24.8 Å². The van der Waals surface area contributed by atoms with Gasteiger partial charge in [-0.15, -0.1) is 0 Å². The fourth-order valence-corrected chi connectivity index (χ4v) is 3.78. The fourth-order valence-electron chi connectivity index (χ4n) is 2.83. The molecule has 1 aromatic carbocycles. The van der Waals surface area contributed by atoms with Crippen molar-refractivity contribution in [3.8, 4) is 11.3 Å². The Hall–Kier alpha value is -3.07. The number of anilines is 2. The molecule has 0 bridgehead atoms. The van der Waals surface area contributed by atoms with Crippen LogP contribution in [0, 0.1) is 0 Å². The van der Waals surface area contributed by atoms with Crippen LogP contribution >= 0.6 is 11.3 Å². The Labute approximate surface area is 160 Å². The van der Waals surface area contributed by atoms with E-state index in [2.05, 4.69) is 20.3 Å². The Kier molecular flexibility index (Phi) is 4.79. The van der Waals surface area contributed by atoms with Gasteiger partial charge in [-0.25, -0.2) is 19.6 Å². The number of rotatable bonds is 3. The minimum atomic E-state index is -0.143. The summed E-state index contributed by atoms with van der Waals surface area (Å²) in [6.45, 7) is 5.55. The fraction of sp³-hybridized carbons (Fsp3) is 0.278. The molecule has 1 amide bonds. The predicted molar refractivity (Wildman–Crippen MR) is 110 cm³/mol. The summed E-state index contributed by atoms with van der Waals surface area (Å²) in [5.41, 5.74) is 9.29. The summed E-state index contributed by atoms with van der Waals surface area (Å²) >= 11 is 1.42. The standard InChI is InChI=1S/C17H17N7OS.CH4/c1-8(2)24-16-13(15(18)19-7-20-16)14(23-24)10-4-5-11-12(6-10)26-17(22-11)21-9(3)25;/h4-8H,1-3H3,(H2,18,19,20)(H,21,22,25);1H4. The molecule has 0 atom stereocenters. The molecular weight excluding hydrogens is 362 g/mol. The number of nitrogens with two attached hydrogens (primary N) is 1. The van der Waals surface area contributed by atoms with E-state index in [9.17, 15) is 4.79 Å². The molecule has 3 heterocycles. The first-order chi connectivity index (χ1) is 12.4. The highest BCUT2D eigenvalue weighted by Crippen LogP contribution is 2.35. The van der Waals surface area contributed by atoms with E-state index >= 15 is 0 Å². The molecule has 9 heteroatoms. The molecule has 3 N–H and O–H groups in total. The van der Waals surface area contributed by atoms with E-state index in [-0.39, 0.29) is 19.4 Å². The normalized spacial score (nSPS) is 11.1. The molecule has 0 aliphatic carbocycles. The second-order valence-electron chi connectivity index (χ2n) is 6.23. The lowest BCUT2D eigenvalue weighted by Crippen LogP contribution is -2.04. The molecule has 0 aliphatic rings. The summed E-state index contributed by atoms with van der Waals surface area (Å²) in [6, 6.07) is 5.99. The van der Waals surface area contributed by atoms with Gasteiger partial charge in [0, 0.05) is 18.5 Å². The summed E-state index contributed by atoms with van der Waals surface area (Å²) in [5.74, 6) is 0.260. The van der Waals surface area contributed by atoms with Crippen LogP contribution in [-0.2, 0) is 4.79 Å². The summed E-state index contributed by atoms with van der Waals surface area (Å²) in [5, 5.41) is 8.77. The zero-order chi connectivity index (χ0) is 18.4. The molecule has 0 spiro atoms. The molecule has 140 valence electrons. The molecular formula is C18H21N7OS. The zero-order valence-electron chi connectivity index (χ0n) is 14.5. The van der Waals surface area contributed by atoms with E-state index < -0.39 is 0 Å². The average molecular weight is 383 g/mol. The molecule has 0 saturated heterocycles. The predicted octanol–water partition coefficient (Wildman–Crippen LogP) is 3.86. The van der Waals surface area contributed by atoms with Gasteiger partial charge >= 0.3 is 0 Å². The largest absolute Gasteiger partial charge is 0.383 e. The summed E-state index contributed by atoms with van der Waals surface area (Å²) in [7, 11) is 0. The van der Waals surface area contributed by atoms with Crippen molar-refractivity contribution in [3.63, 3.8) is 0 Å². The molecule has 0 fully saturated rings. The quantitative estimate of drug-likeness (QED) is 0.555. The molecule has 0 unspecified atom stereocenters. The highest BCUT2D eigenvalue weighted by atomic mass is 32.1. The second-order valence-corrected chi connectivity index (χ2v) is 7.26. The van der Waals surface area contributed by atoms with Crippen molar-refractivity contribution < 1.29 is 4.79 Å². The van der Waals surface area contributed by atoms with Crippen molar-refractivity contribution in [1.29, 1.82) is 0 Å². The van der Waals surface area contributed by atoms with Crippen LogP contribution in [-0.4, -0.2) is 30.6 Å². The van der Waals surface area contributed by atoms with Gasteiger partial charge in [0.2, 0.25) is 5.91 Å². The number of nitrogens with one attached hydrogen (secondary N) is 1. The van der Waals surface area contributed by atoms with Gasteiger partial charge in [0.25, 0.3) is 0 Å². The lowest BCUT2D eigenvalue weighted by molar-refractivity contribution is -0.114. The van der Waals surface area contributed by atoms with Crippen LogP contribution in [0.1, 0.15) is 34.2 Å². The maximum atomic E-state index is 11.2. The second kappa shape index (κ2) is 6.92. The summed E-state index contributed by atoms with van der Waals surface area (Å²) < 4.78 is 2.80. The third kappa shape index (κ3) is 3.21. The van der Waals surface area contributed by atoms with E-state index in [0.717, 1.165) is 26.9 Å². The average Bonchev–Trinajstić information content (AvgIpc) is 3.14. The first kappa shape index (κ1) is 18.7. The van der Waals surface area contributed by atoms with E-state index in [1.54, 1.807) is 0 Å². The Bertz CT molecular complexity index is 1150. The van der Waals surface area contributed by atoms with E-state index in [1.807, 2.05) is 36.7 Å². The minimum absolute atomic E-state index is 0. The maximum Gasteiger partial charge on any atom is 0.223 e. The molecule has 0 saturated carbocycles. The number of nitrogen functional groups attached to an aromatic ring is 1. The molecule has 27 heavy (non-hydrogen) atoms. The number of hydrogen-bond acceptors (Lipinski definition) is 7. The first-order valence-corrected chi connectivity index (χ1v) is 8.93. The third-order valence-corrected chi connectivity index (χ3v) is 4.89. The zero-order valence-corrected chi connectivity index (χ0v) is 15.3. The van der Waals surface area contributed by atoms with Crippen LogP contribution in [0.25, 0.3) is 32.5 Å². The number of carbonyl (C=O) groups is 1. The number of nitrogens with zero attached hydrogens (tertiary/aromatic N) is 5. The van der Waals surface area contributed by atoms with Crippen molar-refractivity contribution >= 4 is 49.4 Å². The Balaban J connectivity index is 0.00000210. The van der Waals surface area contributed by atoms with Crippen molar-refractivity contribution in [2.75, 3.05) is 11.1 Å². The Morgan fingerprint density at radius 2 is 2.07 bits per heavy atom. The van der Waals surface area contributed by atoms with Crippen LogP contribution < -0.4 is 11.1 Å². The van der Waals surface area contributed by atoms with Crippen LogP contribution in [0.2, 0.25) is 0 Å². The first-order valence-electron chi connectivity index (χ1n) is 8.11. The number of carbonyl (C=O) groups excluding carboxylic acids is 1. The maximum absolute atomic E-state index is 11.2. The molecule has 4 aromatic rings. The number of aromatic nitrogens is 5. The smallest absolute Gasteiger partial charge is 0.223 e. The highest BCUT2D eigenvalue weighted by Gasteiger charge is 2.19. The van der Waals surface area contributed by atoms with Crippen LogP contribution in [0.15, 0.2) is 24.5 Å². The van der Waals surface area contributed by atoms with Crippen LogP contribution in [0.4, 0.5) is 10.9 Å². The molecule has 0 aliphatic heterocycles. The van der Waals surface area contributed by atoms with Gasteiger partial charge in [-0.3, -0.25) is 4.79 Å². The van der Waals surface area contributed by atoms with Crippen LogP contribution in [0.3, 0.4) is 0 Å². The molecule has 3 aromatic heterocycles. The Morgan fingerprint density at radius 1 is 1.30 bits per heavy atom. The van der Waals surface area contributed by atoms with E-state index in [0.29, 0.717) is 16.6 Å². The topological polar surface area (TPSA) is 112 Å². The number of benzene rings is 1. The SMILES string of the molecule is C.CC(=O)Nc1nc2ccc(-c3nn(C(C)C)c4ncnc(N)c34)cc2s1.